The highest BCUT2D eigenvalue weighted by Gasteiger charge is 2.22. The van der Waals surface area contributed by atoms with Crippen molar-refractivity contribution in [1.29, 1.82) is 0 Å². The summed E-state index contributed by atoms with van der Waals surface area (Å²) in [6.45, 7) is 0. The van der Waals surface area contributed by atoms with E-state index in [1.165, 1.54) is 27.1 Å². The number of rotatable bonds is 6. The van der Waals surface area contributed by atoms with E-state index in [-0.39, 0.29) is 0 Å². The van der Waals surface area contributed by atoms with Gasteiger partial charge in [-0.25, -0.2) is 0 Å². The Morgan fingerprint density at radius 2 is 0.864 bits per heavy atom. The molecular weight excluding hydrogens is 719 g/mol. The number of para-hydroxylation sites is 2. The van der Waals surface area contributed by atoms with E-state index < -0.39 is 0 Å². The highest BCUT2D eigenvalue weighted by Crippen LogP contribution is 2.46. The second kappa shape index (κ2) is 13.4. The summed E-state index contributed by atoms with van der Waals surface area (Å²) in [5.74, 6) is 0. The summed E-state index contributed by atoms with van der Waals surface area (Å²) < 4.78 is 12.7. The predicted octanol–water partition coefficient (Wildman–Crippen LogP) is 16.3. The van der Waals surface area contributed by atoms with E-state index in [2.05, 4.69) is 193 Å². The standard InChI is InChI=1S/C56H35NO2/c1-2-13-36(14-3-1)44-28-26-40(50-32-39-15-4-5-18-43(39)45-19-6-7-20-46(45)50)33-52(44)57(42-27-30-55-51(35-42)48-22-9-11-24-54(48)58-55)41-17-12-16-37(31-41)38-25-29-49-47-21-8-10-23-53(47)59-56(49)34-38/h1-35H. The fourth-order valence-corrected chi connectivity index (χ4v) is 9.05. The van der Waals surface area contributed by atoms with Crippen molar-refractivity contribution in [3.63, 3.8) is 0 Å². The van der Waals surface area contributed by atoms with E-state index in [0.717, 1.165) is 88.8 Å². The third-order valence-corrected chi connectivity index (χ3v) is 11.8. The van der Waals surface area contributed by atoms with Crippen molar-refractivity contribution in [3.8, 4) is 33.4 Å². The van der Waals surface area contributed by atoms with Crippen LogP contribution in [0.2, 0.25) is 0 Å². The van der Waals surface area contributed by atoms with Crippen LogP contribution in [0.1, 0.15) is 0 Å². The first-order valence-corrected chi connectivity index (χ1v) is 20.1. The molecule has 0 atom stereocenters. The quantitative estimate of drug-likeness (QED) is 0.158. The molecule has 10 aromatic carbocycles. The van der Waals surface area contributed by atoms with Gasteiger partial charge in [0.15, 0.2) is 0 Å². The molecule has 3 nitrogen and oxygen atoms in total. The Morgan fingerprint density at radius 1 is 0.271 bits per heavy atom. The molecule has 276 valence electrons. The molecule has 0 amide bonds. The van der Waals surface area contributed by atoms with Crippen LogP contribution in [0.15, 0.2) is 221 Å². The van der Waals surface area contributed by atoms with E-state index in [4.69, 9.17) is 8.83 Å². The number of hydrogen-bond donors (Lipinski definition) is 0. The maximum absolute atomic E-state index is 6.36. The zero-order valence-corrected chi connectivity index (χ0v) is 32.0. The van der Waals surface area contributed by atoms with E-state index in [1.54, 1.807) is 0 Å². The van der Waals surface area contributed by atoms with Gasteiger partial charge in [0, 0.05) is 38.5 Å². The Hall–Kier alpha value is -7.88. The van der Waals surface area contributed by atoms with Gasteiger partial charge in [-0.2, -0.15) is 0 Å². The van der Waals surface area contributed by atoms with Crippen molar-refractivity contribution >= 4 is 82.5 Å². The van der Waals surface area contributed by atoms with Gasteiger partial charge in [-0.1, -0.05) is 146 Å². The lowest BCUT2D eigenvalue weighted by atomic mass is 9.91. The summed E-state index contributed by atoms with van der Waals surface area (Å²) in [6, 6.07) is 76.0. The smallest absolute Gasteiger partial charge is 0.136 e. The minimum absolute atomic E-state index is 0.863. The van der Waals surface area contributed by atoms with Gasteiger partial charge in [-0.05, 0) is 116 Å². The number of hydrogen-bond acceptors (Lipinski definition) is 3. The van der Waals surface area contributed by atoms with Gasteiger partial charge in [-0.3, -0.25) is 0 Å². The van der Waals surface area contributed by atoms with Gasteiger partial charge in [0.1, 0.15) is 22.3 Å². The predicted molar refractivity (Wildman–Crippen MR) is 247 cm³/mol. The van der Waals surface area contributed by atoms with Gasteiger partial charge < -0.3 is 13.7 Å². The fraction of sp³-hybridized carbons (Fsp3) is 0. The summed E-state index contributed by atoms with van der Waals surface area (Å²) in [5.41, 5.74) is 13.5. The normalized spacial score (nSPS) is 11.7. The number of benzene rings is 10. The highest BCUT2D eigenvalue weighted by atomic mass is 16.3. The molecule has 0 spiro atoms. The van der Waals surface area contributed by atoms with Crippen molar-refractivity contribution in [2.75, 3.05) is 4.90 Å². The minimum Gasteiger partial charge on any atom is -0.456 e. The molecule has 2 heterocycles. The Balaban J connectivity index is 1.12. The Labute approximate surface area is 340 Å². The molecule has 0 bridgehead atoms. The molecule has 0 N–H and O–H groups in total. The zero-order valence-electron chi connectivity index (χ0n) is 32.0. The molecule has 0 aliphatic rings. The zero-order chi connectivity index (χ0) is 38.9. The molecule has 0 radical (unpaired) electrons. The lowest BCUT2D eigenvalue weighted by Gasteiger charge is -2.29. The fourth-order valence-electron chi connectivity index (χ4n) is 9.05. The molecule has 0 aliphatic heterocycles. The summed E-state index contributed by atoms with van der Waals surface area (Å²) in [6.07, 6.45) is 0. The van der Waals surface area contributed by atoms with Crippen molar-refractivity contribution in [2.24, 2.45) is 0 Å². The molecular formula is C56H35NO2. The maximum Gasteiger partial charge on any atom is 0.136 e. The van der Waals surface area contributed by atoms with E-state index in [0.29, 0.717) is 0 Å². The van der Waals surface area contributed by atoms with Crippen LogP contribution in [0.4, 0.5) is 17.1 Å². The van der Waals surface area contributed by atoms with Crippen molar-refractivity contribution in [1.82, 2.24) is 0 Å². The van der Waals surface area contributed by atoms with Gasteiger partial charge in [0.25, 0.3) is 0 Å². The van der Waals surface area contributed by atoms with Crippen LogP contribution in [0.5, 0.6) is 0 Å². The summed E-state index contributed by atoms with van der Waals surface area (Å²) >= 11 is 0. The monoisotopic (exact) mass is 753 g/mol. The first-order chi connectivity index (χ1) is 29.2. The number of anilines is 3. The minimum atomic E-state index is 0.863. The first kappa shape index (κ1) is 33.3. The number of furan rings is 2. The lowest BCUT2D eigenvalue weighted by molar-refractivity contribution is 0.668. The van der Waals surface area contributed by atoms with Gasteiger partial charge in [0.2, 0.25) is 0 Å². The van der Waals surface area contributed by atoms with Crippen molar-refractivity contribution in [2.45, 2.75) is 0 Å². The van der Waals surface area contributed by atoms with Crippen LogP contribution >= 0.6 is 0 Å². The number of nitrogens with zero attached hydrogens (tertiary/aromatic N) is 1. The average molecular weight is 754 g/mol. The SMILES string of the molecule is c1ccc(-c2ccc(-c3cc4ccccc4c4ccccc34)cc2N(c2cccc(-c3ccc4c(c3)oc3ccccc34)c2)c2ccc3oc4ccccc4c3c2)cc1. The second-order valence-corrected chi connectivity index (χ2v) is 15.3. The molecule has 2 aromatic heterocycles. The van der Waals surface area contributed by atoms with E-state index in [9.17, 15) is 0 Å². The van der Waals surface area contributed by atoms with Crippen LogP contribution in [-0.4, -0.2) is 0 Å². The van der Waals surface area contributed by atoms with Crippen molar-refractivity contribution in [3.05, 3.63) is 212 Å². The molecule has 0 fully saturated rings. The summed E-state index contributed by atoms with van der Waals surface area (Å²) in [5, 5.41) is 9.37. The Bertz CT molecular complexity index is 3580. The maximum atomic E-state index is 6.36. The average Bonchev–Trinajstić information content (AvgIpc) is 3.87. The van der Waals surface area contributed by atoms with Gasteiger partial charge in [-0.15, -0.1) is 0 Å². The topological polar surface area (TPSA) is 29.5 Å². The van der Waals surface area contributed by atoms with Crippen molar-refractivity contribution < 1.29 is 8.83 Å². The van der Waals surface area contributed by atoms with E-state index in [1.807, 2.05) is 24.3 Å². The van der Waals surface area contributed by atoms with Gasteiger partial charge >= 0.3 is 0 Å². The number of fused-ring (bicyclic) bond motifs is 9. The van der Waals surface area contributed by atoms with Crippen LogP contribution in [-0.2, 0) is 0 Å². The van der Waals surface area contributed by atoms with Crippen LogP contribution < -0.4 is 4.90 Å². The summed E-state index contributed by atoms with van der Waals surface area (Å²) in [7, 11) is 0. The third kappa shape index (κ3) is 5.51. The van der Waals surface area contributed by atoms with Gasteiger partial charge in [0.05, 0.1) is 5.69 Å². The second-order valence-electron chi connectivity index (χ2n) is 15.3. The molecule has 12 rings (SSSR count). The Kier molecular flexibility index (Phi) is 7.54. The molecule has 12 aromatic rings. The largest absolute Gasteiger partial charge is 0.456 e. The molecule has 0 unspecified atom stereocenters. The van der Waals surface area contributed by atoms with E-state index >= 15 is 0 Å². The lowest BCUT2D eigenvalue weighted by Crippen LogP contribution is -2.11. The van der Waals surface area contributed by atoms with Crippen LogP contribution in [0.25, 0.3) is 98.8 Å². The van der Waals surface area contributed by atoms with Crippen LogP contribution in [0, 0.1) is 0 Å². The highest BCUT2D eigenvalue weighted by molar-refractivity contribution is 6.14. The molecule has 0 saturated heterocycles. The molecule has 0 saturated carbocycles. The Morgan fingerprint density at radius 3 is 1.69 bits per heavy atom. The molecule has 3 heteroatoms. The first-order valence-electron chi connectivity index (χ1n) is 20.1. The third-order valence-electron chi connectivity index (χ3n) is 11.8. The summed E-state index contributed by atoms with van der Waals surface area (Å²) in [4.78, 5) is 2.42. The molecule has 0 aliphatic carbocycles. The van der Waals surface area contributed by atoms with Crippen LogP contribution in [0.3, 0.4) is 0 Å². The molecule has 59 heavy (non-hydrogen) atoms.